The molecule has 0 aliphatic heterocycles. The van der Waals surface area contributed by atoms with E-state index in [9.17, 15) is 22.8 Å². The van der Waals surface area contributed by atoms with Crippen LogP contribution in [0.5, 0.6) is 0 Å². The first-order chi connectivity index (χ1) is 8.77. The number of carboxylic acid groups (broad SMARTS) is 1. The third-order valence-electron chi connectivity index (χ3n) is 2.52. The lowest BCUT2D eigenvalue weighted by molar-refractivity contribution is -0.144. The molecule has 0 spiro atoms. The fourth-order valence-corrected chi connectivity index (χ4v) is 1.54. The van der Waals surface area contributed by atoms with Crippen LogP contribution in [0.25, 0.3) is 0 Å². The maximum Gasteiger partial charge on any atom is 0.431 e. The van der Waals surface area contributed by atoms with Crippen LogP contribution in [0.4, 0.5) is 13.2 Å². The maximum absolute atomic E-state index is 12.7. The van der Waals surface area contributed by atoms with Crippen molar-refractivity contribution in [1.29, 1.82) is 0 Å². The molecule has 19 heavy (non-hydrogen) atoms. The van der Waals surface area contributed by atoms with E-state index in [2.05, 4.69) is 0 Å². The molecule has 0 saturated carbocycles. The summed E-state index contributed by atoms with van der Waals surface area (Å²) in [5, 5.41) is 8.77. The minimum absolute atomic E-state index is 0.0381. The number of halogens is 3. The number of carbonyl (C=O) groups is 1. The third kappa shape index (κ3) is 3.70. The van der Waals surface area contributed by atoms with Crippen molar-refractivity contribution in [2.24, 2.45) is 0 Å². The second-order valence-electron chi connectivity index (χ2n) is 3.75. The van der Waals surface area contributed by atoms with E-state index in [4.69, 9.17) is 5.11 Å². The summed E-state index contributed by atoms with van der Waals surface area (Å²) < 4.78 is 38.6. The molecule has 0 aliphatic carbocycles. The van der Waals surface area contributed by atoms with Gasteiger partial charge in [0.15, 0.2) is 0 Å². The summed E-state index contributed by atoms with van der Waals surface area (Å²) in [5.74, 6) is -1.21. The van der Waals surface area contributed by atoms with Crippen molar-refractivity contribution in [3.63, 3.8) is 0 Å². The average Bonchev–Trinajstić information content (AvgIpc) is 2.29. The van der Waals surface area contributed by atoms with Crippen molar-refractivity contribution in [2.75, 3.05) is 0 Å². The van der Waals surface area contributed by atoms with Gasteiger partial charge in [-0.05, 0) is 12.5 Å². The number of nitrogens with zero attached hydrogens (tertiary/aromatic N) is 1. The van der Waals surface area contributed by atoms with Crippen molar-refractivity contribution < 1.29 is 23.1 Å². The van der Waals surface area contributed by atoms with E-state index in [0.29, 0.717) is 4.57 Å². The van der Waals surface area contributed by atoms with E-state index in [1.54, 1.807) is 6.92 Å². The van der Waals surface area contributed by atoms with E-state index in [-0.39, 0.29) is 12.0 Å². The van der Waals surface area contributed by atoms with Gasteiger partial charge >= 0.3 is 12.1 Å². The lowest BCUT2D eigenvalue weighted by Gasteiger charge is -2.13. The average molecular weight is 275 g/mol. The van der Waals surface area contributed by atoms with Crippen molar-refractivity contribution >= 4 is 5.97 Å². The first-order valence-corrected chi connectivity index (χ1v) is 5.46. The molecule has 1 aromatic rings. The van der Waals surface area contributed by atoms with Gasteiger partial charge in [0.1, 0.15) is 5.69 Å². The highest BCUT2D eigenvalue weighted by Crippen LogP contribution is 2.28. The van der Waals surface area contributed by atoms with Gasteiger partial charge in [-0.3, -0.25) is 4.79 Å². The highest BCUT2D eigenvalue weighted by atomic mass is 19.4. The third-order valence-corrected chi connectivity index (χ3v) is 2.52. The molecule has 0 saturated heterocycles. The summed E-state index contributed by atoms with van der Waals surface area (Å²) in [5.41, 5.74) is -1.96. The smallest absolute Gasteiger partial charge is 0.431 e. The summed E-state index contributed by atoms with van der Waals surface area (Å²) >= 11 is 0. The molecule has 104 valence electrons. The predicted octanol–water partition coefficient (Wildman–Crippen LogP) is 2.29. The minimum atomic E-state index is -4.66. The van der Waals surface area contributed by atoms with Crippen molar-refractivity contribution in [3.05, 3.63) is 45.9 Å². The Kier molecular flexibility index (Phi) is 4.52. The van der Waals surface area contributed by atoms with Crippen LogP contribution in [0, 0.1) is 0 Å². The summed E-state index contributed by atoms with van der Waals surface area (Å²) in [4.78, 5) is 22.2. The maximum atomic E-state index is 12.7. The first-order valence-electron chi connectivity index (χ1n) is 5.46. The molecule has 0 bridgehead atoms. The number of alkyl halides is 3. The van der Waals surface area contributed by atoms with Gasteiger partial charge < -0.3 is 9.67 Å². The molecule has 0 radical (unpaired) electrons. The van der Waals surface area contributed by atoms with E-state index >= 15 is 0 Å². The van der Waals surface area contributed by atoms with Crippen LogP contribution in [-0.2, 0) is 17.5 Å². The molecule has 0 fully saturated rings. The minimum Gasteiger partial charge on any atom is -0.478 e. The van der Waals surface area contributed by atoms with Crippen molar-refractivity contribution in [2.45, 2.75) is 26.1 Å². The van der Waals surface area contributed by atoms with Gasteiger partial charge in [-0.2, -0.15) is 13.2 Å². The molecular formula is C12H12F3NO3. The largest absolute Gasteiger partial charge is 0.478 e. The monoisotopic (exact) mass is 275 g/mol. The number of hydrogen-bond donors (Lipinski definition) is 1. The SMILES string of the molecule is CC/C(=C/Cn1c(C(F)(F)F)cccc1=O)C(=O)O. The highest BCUT2D eigenvalue weighted by Gasteiger charge is 2.33. The zero-order chi connectivity index (χ0) is 14.6. The molecule has 1 heterocycles. The van der Waals surface area contributed by atoms with Crippen LogP contribution >= 0.6 is 0 Å². The van der Waals surface area contributed by atoms with E-state index in [1.165, 1.54) is 0 Å². The van der Waals surface area contributed by atoms with E-state index < -0.39 is 29.9 Å². The summed E-state index contributed by atoms with van der Waals surface area (Å²) in [6, 6.07) is 2.79. The number of hydrogen-bond acceptors (Lipinski definition) is 2. The molecule has 7 heteroatoms. The van der Waals surface area contributed by atoms with Crippen molar-refractivity contribution in [3.8, 4) is 0 Å². The fourth-order valence-electron chi connectivity index (χ4n) is 1.54. The lowest BCUT2D eigenvalue weighted by atomic mass is 10.2. The lowest BCUT2D eigenvalue weighted by Crippen LogP contribution is -2.27. The van der Waals surface area contributed by atoms with Gasteiger partial charge in [-0.25, -0.2) is 4.79 Å². The van der Waals surface area contributed by atoms with Gasteiger partial charge in [0.25, 0.3) is 5.56 Å². The Hall–Kier alpha value is -2.05. The van der Waals surface area contributed by atoms with E-state index in [0.717, 1.165) is 24.3 Å². The molecule has 0 amide bonds. The van der Waals surface area contributed by atoms with Gasteiger partial charge in [-0.1, -0.05) is 19.1 Å². The fraction of sp³-hybridized carbons (Fsp3) is 0.333. The molecule has 0 aliphatic rings. The Morgan fingerprint density at radius 3 is 2.53 bits per heavy atom. The Bertz CT molecular complexity index is 558. The molecule has 0 atom stereocenters. The van der Waals surface area contributed by atoms with Crippen LogP contribution in [0.2, 0.25) is 0 Å². The predicted molar refractivity (Wildman–Crippen MR) is 61.7 cm³/mol. The van der Waals surface area contributed by atoms with Crippen LogP contribution in [0.1, 0.15) is 19.0 Å². The van der Waals surface area contributed by atoms with Gasteiger partial charge in [0, 0.05) is 18.2 Å². The second kappa shape index (κ2) is 5.73. The molecular weight excluding hydrogens is 263 g/mol. The number of allylic oxidation sites excluding steroid dienone is 1. The van der Waals surface area contributed by atoms with Gasteiger partial charge in [0.05, 0.1) is 0 Å². The van der Waals surface area contributed by atoms with Crippen LogP contribution in [0.15, 0.2) is 34.6 Å². The van der Waals surface area contributed by atoms with Crippen molar-refractivity contribution in [1.82, 2.24) is 4.57 Å². The normalized spacial score (nSPS) is 12.5. The zero-order valence-electron chi connectivity index (χ0n) is 10.1. The Morgan fingerprint density at radius 1 is 1.42 bits per heavy atom. The van der Waals surface area contributed by atoms with Gasteiger partial charge in [-0.15, -0.1) is 0 Å². The van der Waals surface area contributed by atoms with Crippen LogP contribution in [-0.4, -0.2) is 15.6 Å². The zero-order valence-corrected chi connectivity index (χ0v) is 10.1. The Balaban J connectivity index is 3.21. The second-order valence-corrected chi connectivity index (χ2v) is 3.75. The summed E-state index contributed by atoms with van der Waals surface area (Å²) in [6.45, 7) is 1.14. The van der Waals surface area contributed by atoms with Crippen LogP contribution < -0.4 is 5.56 Å². The molecule has 0 unspecified atom stereocenters. The quantitative estimate of drug-likeness (QED) is 0.858. The molecule has 0 aromatic carbocycles. The molecule has 1 aromatic heterocycles. The highest BCUT2D eigenvalue weighted by molar-refractivity contribution is 5.86. The summed E-state index contributed by atoms with van der Waals surface area (Å²) in [6.07, 6.45) is -3.39. The topological polar surface area (TPSA) is 59.3 Å². The number of rotatable bonds is 4. The number of aliphatic carboxylic acids is 1. The number of carboxylic acids is 1. The van der Waals surface area contributed by atoms with Crippen LogP contribution in [0.3, 0.4) is 0 Å². The Labute approximate surface area is 106 Å². The first kappa shape index (κ1) is 15.0. The number of pyridine rings is 1. The molecule has 1 N–H and O–H groups in total. The molecule has 1 rings (SSSR count). The standard InChI is InChI=1S/C12H12F3NO3/c1-2-8(11(18)19)6-7-16-9(12(13,14)15)4-3-5-10(16)17/h3-6H,2,7H2,1H3,(H,18,19)/b8-6-. The molecule has 4 nitrogen and oxygen atoms in total. The summed E-state index contributed by atoms with van der Waals surface area (Å²) in [7, 11) is 0. The Morgan fingerprint density at radius 2 is 2.05 bits per heavy atom. The number of aromatic nitrogens is 1. The van der Waals surface area contributed by atoms with Gasteiger partial charge in [0.2, 0.25) is 0 Å². The van der Waals surface area contributed by atoms with E-state index in [1.807, 2.05) is 0 Å².